The number of aromatic nitrogens is 1. The number of nitrogens with one attached hydrogen (secondary N) is 3. The standard InChI is InChI=1S/C38H30N4O4S2/c1-46-29-20-16-25(17-21-29)24-32(40-35(43)27-12-6-3-7-13-27)36(44)39-28-18-22-30(23-19-28)47-34(26-10-4-2-5-11-26)37(45)42-38-41-31-14-8-9-15-33(31)48-38/h2-24,34H,1H3,(H,39,44)(H,40,43)(H,41,42,45)/b32-24-. The van der Waals surface area contributed by atoms with E-state index in [1.165, 1.54) is 23.1 Å². The van der Waals surface area contributed by atoms with Crippen molar-refractivity contribution in [2.24, 2.45) is 0 Å². The number of methoxy groups -OCH3 is 1. The first kappa shape index (κ1) is 32.2. The zero-order valence-electron chi connectivity index (χ0n) is 25.8. The number of carbonyl (C=O) groups is 3. The number of anilines is 2. The maximum atomic E-state index is 13.6. The number of hydrogen-bond donors (Lipinski definition) is 3. The predicted molar refractivity (Wildman–Crippen MR) is 193 cm³/mol. The van der Waals surface area contributed by atoms with Crippen LogP contribution in [0.2, 0.25) is 0 Å². The molecule has 10 heteroatoms. The summed E-state index contributed by atoms with van der Waals surface area (Å²) in [5, 5.41) is 8.62. The van der Waals surface area contributed by atoms with Crippen molar-refractivity contribution >= 4 is 67.9 Å². The van der Waals surface area contributed by atoms with Crippen molar-refractivity contribution in [1.82, 2.24) is 10.3 Å². The normalized spacial score (nSPS) is 11.8. The van der Waals surface area contributed by atoms with Crippen LogP contribution in [-0.2, 0) is 9.59 Å². The zero-order valence-corrected chi connectivity index (χ0v) is 27.4. The molecule has 238 valence electrons. The maximum Gasteiger partial charge on any atom is 0.272 e. The Balaban J connectivity index is 1.18. The number of benzene rings is 5. The molecule has 6 rings (SSSR count). The fourth-order valence-electron chi connectivity index (χ4n) is 4.76. The molecule has 3 amide bonds. The fraction of sp³-hybridized carbons (Fsp3) is 0.0526. The molecule has 0 aliphatic carbocycles. The van der Waals surface area contributed by atoms with Gasteiger partial charge in [0.2, 0.25) is 5.91 Å². The molecule has 3 N–H and O–H groups in total. The van der Waals surface area contributed by atoms with Gasteiger partial charge >= 0.3 is 0 Å². The number of ether oxygens (including phenoxy) is 1. The summed E-state index contributed by atoms with van der Waals surface area (Å²) in [6, 6.07) is 40.4. The van der Waals surface area contributed by atoms with E-state index < -0.39 is 17.1 Å². The molecule has 0 saturated heterocycles. The van der Waals surface area contributed by atoms with Crippen molar-refractivity contribution in [3.63, 3.8) is 0 Å². The molecule has 48 heavy (non-hydrogen) atoms. The lowest BCUT2D eigenvalue weighted by Crippen LogP contribution is -2.30. The molecule has 0 saturated carbocycles. The van der Waals surface area contributed by atoms with Gasteiger partial charge in [-0.05, 0) is 77.9 Å². The third kappa shape index (κ3) is 8.16. The monoisotopic (exact) mass is 670 g/mol. The van der Waals surface area contributed by atoms with Crippen molar-refractivity contribution in [1.29, 1.82) is 0 Å². The highest BCUT2D eigenvalue weighted by Crippen LogP contribution is 2.37. The molecule has 0 spiro atoms. The summed E-state index contributed by atoms with van der Waals surface area (Å²) in [5.41, 5.74) is 3.41. The molecule has 5 aromatic carbocycles. The van der Waals surface area contributed by atoms with Gasteiger partial charge in [0.05, 0.1) is 17.3 Å². The van der Waals surface area contributed by atoms with Crippen LogP contribution in [0.5, 0.6) is 5.75 Å². The van der Waals surface area contributed by atoms with Crippen LogP contribution in [0.25, 0.3) is 16.3 Å². The number of nitrogens with zero attached hydrogens (tertiary/aromatic N) is 1. The molecule has 0 radical (unpaired) electrons. The Morgan fingerprint density at radius 1 is 0.771 bits per heavy atom. The van der Waals surface area contributed by atoms with E-state index in [0.29, 0.717) is 27.7 Å². The summed E-state index contributed by atoms with van der Waals surface area (Å²) in [7, 11) is 1.58. The Morgan fingerprint density at radius 2 is 1.44 bits per heavy atom. The summed E-state index contributed by atoms with van der Waals surface area (Å²) in [6.07, 6.45) is 1.61. The van der Waals surface area contributed by atoms with E-state index in [9.17, 15) is 14.4 Å². The van der Waals surface area contributed by atoms with Crippen molar-refractivity contribution in [2.45, 2.75) is 10.1 Å². The van der Waals surface area contributed by atoms with Crippen LogP contribution in [0.15, 0.2) is 144 Å². The third-order valence-electron chi connectivity index (χ3n) is 7.19. The highest BCUT2D eigenvalue weighted by molar-refractivity contribution is 8.00. The van der Waals surface area contributed by atoms with Crippen molar-refractivity contribution < 1.29 is 19.1 Å². The van der Waals surface area contributed by atoms with Gasteiger partial charge in [-0.25, -0.2) is 4.98 Å². The zero-order chi connectivity index (χ0) is 33.3. The molecule has 1 aromatic heterocycles. The Labute approximate surface area is 285 Å². The van der Waals surface area contributed by atoms with E-state index in [0.717, 1.165) is 20.7 Å². The average molecular weight is 671 g/mol. The van der Waals surface area contributed by atoms with Gasteiger partial charge in [0.15, 0.2) is 5.13 Å². The van der Waals surface area contributed by atoms with Crippen molar-refractivity contribution in [3.8, 4) is 5.75 Å². The van der Waals surface area contributed by atoms with Gasteiger partial charge < -0.3 is 20.7 Å². The minimum absolute atomic E-state index is 0.0723. The van der Waals surface area contributed by atoms with E-state index >= 15 is 0 Å². The SMILES string of the molecule is COc1ccc(/C=C(\NC(=O)c2ccccc2)C(=O)Nc2ccc(SC(C(=O)Nc3nc4ccccc4s3)c3ccccc3)cc2)cc1. The Kier molecular flexibility index (Phi) is 10.2. The van der Waals surface area contributed by atoms with E-state index in [1.807, 2.05) is 72.8 Å². The first-order valence-electron chi connectivity index (χ1n) is 15.0. The molecule has 1 atom stereocenters. The molecule has 0 aliphatic heterocycles. The van der Waals surface area contributed by atoms with E-state index in [-0.39, 0.29) is 11.6 Å². The number of fused-ring (bicyclic) bond motifs is 1. The van der Waals surface area contributed by atoms with Crippen LogP contribution in [0, 0.1) is 0 Å². The molecular weight excluding hydrogens is 641 g/mol. The second kappa shape index (κ2) is 15.3. The summed E-state index contributed by atoms with van der Waals surface area (Å²) in [5.74, 6) is -0.417. The van der Waals surface area contributed by atoms with E-state index in [4.69, 9.17) is 4.74 Å². The smallest absolute Gasteiger partial charge is 0.272 e. The Bertz CT molecular complexity index is 2030. The van der Waals surface area contributed by atoms with Gasteiger partial charge in [0.25, 0.3) is 11.8 Å². The lowest BCUT2D eigenvalue weighted by molar-refractivity contribution is -0.116. The fourth-order valence-corrected chi connectivity index (χ4v) is 6.65. The molecule has 0 fully saturated rings. The number of carbonyl (C=O) groups excluding carboxylic acids is 3. The lowest BCUT2D eigenvalue weighted by Gasteiger charge is -2.16. The number of rotatable bonds is 11. The van der Waals surface area contributed by atoms with Gasteiger partial charge in [-0.1, -0.05) is 84.1 Å². The molecule has 0 bridgehead atoms. The molecule has 8 nitrogen and oxygen atoms in total. The third-order valence-corrected chi connectivity index (χ3v) is 9.40. The van der Waals surface area contributed by atoms with E-state index in [1.54, 1.807) is 73.8 Å². The predicted octanol–water partition coefficient (Wildman–Crippen LogP) is 8.19. The highest BCUT2D eigenvalue weighted by atomic mass is 32.2. The first-order chi connectivity index (χ1) is 23.4. The average Bonchev–Trinajstić information content (AvgIpc) is 3.54. The van der Waals surface area contributed by atoms with Gasteiger partial charge in [-0.3, -0.25) is 14.4 Å². The van der Waals surface area contributed by atoms with Crippen LogP contribution in [0.1, 0.15) is 26.7 Å². The van der Waals surface area contributed by atoms with Gasteiger partial charge in [0.1, 0.15) is 16.7 Å². The highest BCUT2D eigenvalue weighted by Gasteiger charge is 2.23. The van der Waals surface area contributed by atoms with Crippen LogP contribution in [-0.4, -0.2) is 29.8 Å². The largest absolute Gasteiger partial charge is 0.497 e. The summed E-state index contributed by atoms with van der Waals surface area (Å²) in [6.45, 7) is 0. The minimum atomic E-state index is -0.550. The second-order valence-corrected chi connectivity index (χ2v) is 12.7. The molecule has 1 unspecified atom stereocenters. The quantitative estimate of drug-likeness (QED) is 0.0948. The van der Waals surface area contributed by atoms with Gasteiger partial charge in [-0.2, -0.15) is 0 Å². The van der Waals surface area contributed by atoms with Crippen molar-refractivity contribution in [2.75, 3.05) is 17.7 Å². The molecule has 1 heterocycles. The van der Waals surface area contributed by atoms with Crippen LogP contribution in [0.4, 0.5) is 10.8 Å². The van der Waals surface area contributed by atoms with Crippen LogP contribution < -0.4 is 20.7 Å². The number of thiazole rings is 1. The Morgan fingerprint density at radius 3 is 2.12 bits per heavy atom. The van der Waals surface area contributed by atoms with Crippen molar-refractivity contribution in [3.05, 3.63) is 156 Å². The summed E-state index contributed by atoms with van der Waals surface area (Å²) >= 11 is 2.82. The molecule has 0 aliphatic rings. The van der Waals surface area contributed by atoms with E-state index in [2.05, 4.69) is 20.9 Å². The summed E-state index contributed by atoms with van der Waals surface area (Å²) in [4.78, 5) is 45.5. The van der Waals surface area contributed by atoms with Crippen LogP contribution in [0.3, 0.4) is 0 Å². The number of para-hydroxylation sites is 1. The van der Waals surface area contributed by atoms with Gasteiger partial charge in [0, 0.05) is 16.1 Å². The van der Waals surface area contributed by atoms with Crippen LogP contribution >= 0.6 is 23.1 Å². The first-order valence-corrected chi connectivity index (χ1v) is 16.7. The number of thioether (sulfide) groups is 1. The lowest BCUT2D eigenvalue weighted by atomic mass is 10.1. The second-order valence-electron chi connectivity index (χ2n) is 10.5. The number of amides is 3. The Hall–Kier alpha value is -5.71. The molecular formula is C38H30N4O4S2. The summed E-state index contributed by atoms with van der Waals surface area (Å²) < 4.78 is 6.23. The topological polar surface area (TPSA) is 109 Å². The minimum Gasteiger partial charge on any atom is -0.497 e. The molecule has 6 aromatic rings. The maximum absolute atomic E-state index is 13.6. The number of hydrogen-bond acceptors (Lipinski definition) is 7. The van der Waals surface area contributed by atoms with Gasteiger partial charge in [-0.15, -0.1) is 11.8 Å².